The molecule has 2 aliphatic carbocycles. The average Bonchev–Trinajstić information content (AvgIpc) is 2.54. The number of allylic oxidation sites excluding steroid dienone is 4. The second kappa shape index (κ2) is 3.32. The highest BCUT2D eigenvalue weighted by Gasteiger charge is 2.30. The van der Waals surface area contributed by atoms with Crippen molar-refractivity contribution in [2.75, 3.05) is 0 Å². The van der Waals surface area contributed by atoms with Crippen LogP contribution in [0, 0.1) is 11.3 Å². The van der Waals surface area contributed by atoms with Gasteiger partial charge in [0.25, 0.3) is 0 Å². The van der Waals surface area contributed by atoms with Gasteiger partial charge >= 0.3 is 0 Å². The fraction of sp³-hybridized carbons (Fsp3) is 0.692. The predicted molar refractivity (Wildman–Crippen MR) is 57.6 cm³/mol. The zero-order valence-electron chi connectivity index (χ0n) is 8.84. The van der Waals surface area contributed by atoms with Crippen LogP contribution in [0.25, 0.3) is 0 Å². The largest absolute Gasteiger partial charge is 0.0776 e. The minimum atomic E-state index is 0.513. The van der Waals surface area contributed by atoms with Crippen LogP contribution in [0.5, 0.6) is 0 Å². The summed E-state index contributed by atoms with van der Waals surface area (Å²) < 4.78 is 0. The topological polar surface area (TPSA) is 0 Å². The molecule has 1 unspecified atom stereocenters. The second-order valence-electron chi connectivity index (χ2n) is 4.96. The summed E-state index contributed by atoms with van der Waals surface area (Å²) in [7, 11) is 0. The smallest absolute Gasteiger partial charge is 0.00726 e. The molecular formula is C13H20. The van der Waals surface area contributed by atoms with Crippen LogP contribution in [-0.4, -0.2) is 0 Å². The Labute approximate surface area is 81.7 Å². The van der Waals surface area contributed by atoms with Gasteiger partial charge in [-0.1, -0.05) is 51.3 Å². The fourth-order valence-corrected chi connectivity index (χ4v) is 2.67. The molecule has 0 aliphatic heterocycles. The van der Waals surface area contributed by atoms with E-state index in [9.17, 15) is 0 Å². The molecule has 1 atom stereocenters. The Kier molecular flexibility index (Phi) is 2.31. The summed E-state index contributed by atoms with van der Waals surface area (Å²) in [6.07, 6.45) is 14.2. The van der Waals surface area contributed by atoms with Crippen molar-refractivity contribution in [3.8, 4) is 0 Å². The number of hydrogen-bond acceptors (Lipinski definition) is 0. The maximum atomic E-state index is 2.45. The molecule has 0 aromatic carbocycles. The predicted octanol–water partition coefficient (Wildman–Crippen LogP) is 4.09. The monoisotopic (exact) mass is 176 g/mol. The Morgan fingerprint density at radius 1 is 1.23 bits per heavy atom. The molecule has 0 bridgehead atoms. The third-order valence-corrected chi connectivity index (χ3v) is 3.68. The van der Waals surface area contributed by atoms with Gasteiger partial charge in [-0.05, 0) is 29.7 Å². The highest BCUT2D eigenvalue weighted by Crippen LogP contribution is 2.44. The zero-order chi connectivity index (χ0) is 9.31. The minimum absolute atomic E-state index is 0.513. The molecule has 0 heteroatoms. The van der Waals surface area contributed by atoms with Crippen molar-refractivity contribution < 1.29 is 0 Å². The van der Waals surface area contributed by atoms with Crippen LogP contribution in [0.3, 0.4) is 0 Å². The Bertz CT molecular complexity index is 239. The Morgan fingerprint density at radius 2 is 1.92 bits per heavy atom. The van der Waals surface area contributed by atoms with Crippen molar-refractivity contribution in [1.82, 2.24) is 0 Å². The number of rotatable bonds is 1. The van der Waals surface area contributed by atoms with E-state index in [0.29, 0.717) is 11.3 Å². The van der Waals surface area contributed by atoms with E-state index >= 15 is 0 Å². The van der Waals surface area contributed by atoms with Gasteiger partial charge in [-0.25, -0.2) is 0 Å². The van der Waals surface area contributed by atoms with Crippen molar-refractivity contribution in [3.05, 3.63) is 23.8 Å². The molecule has 1 fully saturated rings. The first-order chi connectivity index (χ1) is 6.21. The van der Waals surface area contributed by atoms with E-state index in [4.69, 9.17) is 0 Å². The molecule has 0 N–H and O–H groups in total. The minimum Gasteiger partial charge on any atom is -0.0776 e. The quantitative estimate of drug-likeness (QED) is 0.564. The first-order valence-corrected chi connectivity index (χ1v) is 5.61. The molecule has 0 amide bonds. The molecule has 0 aromatic heterocycles. The molecule has 2 rings (SSSR count). The van der Waals surface area contributed by atoms with E-state index in [2.05, 4.69) is 32.1 Å². The highest BCUT2D eigenvalue weighted by molar-refractivity contribution is 5.34. The van der Waals surface area contributed by atoms with E-state index < -0.39 is 0 Å². The normalized spacial score (nSPS) is 31.8. The molecule has 1 saturated carbocycles. The van der Waals surface area contributed by atoms with Gasteiger partial charge < -0.3 is 0 Å². The van der Waals surface area contributed by atoms with E-state index in [1.54, 1.807) is 5.57 Å². The Morgan fingerprint density at radius 3 is 2.46 bits per heavy atom. The fourth-order valence-electron chi connectivity index (χ4n) is 2.67. The van der Waals surface area contributed by atoms with E-state index in [-0.39, 0.29) is 0 Å². The lowest BCUT2D eigenvalue weighted by Gasteiger charge is -2.34. The molecule has 13 heavy (non-hydrogen) atoms. The average molecular weight is 176 g/mol. The lowest BCUT2D eigenvalue weighted by molar-refractivity contribution is 0.273. The van der Waals surface area contributed by atoms with Gasteiger partial charge in [-0.15, -0.1) is 0 Å². The van der Waals surface area contributed by atoms with Crippen LogP contribution in [0.2, 0.25) is 0 Å². The standard InChI is InChI=1S/C13H20/c1-11-6-7-12(10-11)13(2)8-4-3-5-9-13/h6-7,10-11H,3-5,8-9H2,1-2H3. The first kappa shape index (κ1) is 9.05. The second-order valence-corrected chi connectivity index (χ2v) is 4.96. The van der Waals surface area contributed by atoms with Crippen LogP contribution in [0.4, 0.5) is 0 Å². The molecule has 0 aromatic rings. The molecule has 0 radical (unpaired) electrons. The highest BCUT2D eigenvalue weighted by atomic mass is 14.3. The van der Waals surface area contributed by atoms with Crippen molar-refractivity contribution in [2.45, 2.75) is 46.0 Å². The van der Waals surface area contributed by atoms with Gasteiger partial charge in [0, 0.05) is 0 Å². The summed E-state index contributed by atoms with van der Waals surface area (Å²) in [5.74, 6) is 0.675. The van der Waals surface area contributed by atoms with Gasteiger partial charge in [0.1, 0.15) is 0 Å². The lowest BCUT2D eigenvalue weighted by atomic mass is 9.71. The van der Waals surface area contributed by atoms with Gasteiger partial charge in [0.05, 0.1) is 0 Å². The van der Waals surface area contributed by atoms with Crippen LogP contribution in [0.15, 0.2) is 23.8 Å². The van der Waals surface area contributed by atoms with E-state index in [1.807, 2.05) is 0 Å². The summed E-state index contributed by atoms with van der Waals surface area (Å²) in [4.78, 5) is 0. The Hall–Kier alpha value is -0.520. The zero-order valence-corrected chi connectivity index (χ0v) is 8.84. The number of hydrogen-bond donors (Lipinski definition) is 0. The maximum absolute atomic E-state index is 2.45. The molecule has 72 valence electrons. The lowest BCUT2D eigenvalue weighted by Crippen LogP contribution is -2.21. The van der Waals surface area contributed by atoms with E-state index in [1.165, 1.54) is 32.1 Å². The van der Waals surface area contributed by atoms with Gasteiger partial charge in [0.2, 0.25) is 0 Å². The molecule has 0 heterocycles. The van der Waals surface area contributed by atoms with Crippen LogP contribution in [0.1, 0.15) is 46.0 Å². The van der Waals surface area contributed by atoms with Crippen molar-refractivity contribution in [1.29, 1.82) is 0 Å². The van der Waals surface area contributed by atoms with Gasteiger partial charge in [0.15, 0.2) is 0 Å². The van der Waals surface area contributed by atoms with Crippen molar-refractivity contribution in [3.63, 3.8) is 0 Å². The SMILES string of the molecule is CC1C=CC(C2(C)CCCCC2)=C1. The maximum Gasteiger partial charge on any atom is -0.00726 e. The summed E-state index contributed by atoms with van der Waals surface area (Å²) in [6.45, 7) is 4.72. The molecule has 2 aliphatic rings. The third kappa shape index (κ3) is 1.72. The molecule has 0 saturated heterocycles. The third-order valence-electron chi connectivity index (χ3n) is 3.68. The summed E-state index contributed by atoms with van der Waals surface area (Å²) in [6, 6.07) is 0. The van der Waals surface area contributed by atoms with Crippen LogP contribution >= 0.6 is 0 Å². The van der Waals surface area contributed by atoms with Crippen LogP contribution in [-0.2, 0) is 0 Å². The summed E-state index contributed by atoms with van der Waals surface area (Å²) in [5, 5.41) is 0. The summed E-state index contributed by atoms with van der Waals surface area (Å²) in [5.41, 5.74) is 2.12. The Balaban J connectivity index is 2.14. The van der Waals surface area contributed by atoms with Crippen molar-refractivity contribution in [2.24, 2.45) is 11.3 Å². The molecular weight excluding hydrogens is 156 g/mol. The first-order valence-electron chi connectivity index (χ1n) is 5.61. The van der Waals surface area contributed by atoms with Gasteiger partial charge in [-0.2, -0.15) is 0 Å². The van der Waals surface area contributed by atoms with Crippen molar-refractivity contribution >= 4 is 0 Å². The molecule has 0 nitrogen and oxygen atoms in total. The van der Waals surface area contributed by atoms with Crippen LogP contribution < -0.4 is 0 Å². The van der Waals surface area contributed by atoms with E-state index in [0.717, 1.165) is 0 Å². The molecule has 0 spiro atoms. The van der Waals surface area contributed by atoms with Gasteiger partial charge in [-0.3, -0.25) is 0 Å². The summed E-state index contributed by atoms with van der Waals surface area (Å²) >= 11 is 0.